The van der Waals surface area contributed by atoms with E-state index in [1.165, 1.54) is 15.6 Å². The molecule has 4 heteroatoms. The Morgan fingerprint density at radius 3 is 2.95 bits per heavy atom. The van der Waals surface area contributed by atoms with Gasteiger partial charge in [0.15, 0.2) is 0 Å². The third-order valence-electron chi connectivity index (χ3n) is 3.44. The zero-order valence-corrected chi connectivity index (χ0v) is 13.2. The van der Waals surface area contributed by atoms with Gasteiger partial charge in [-0.1, -0.05) is 37.3 Å². The Balaban J connectivity index is 2.28. The molecule has 0 aliphatic heterocycles. The van der Waals surface area contributed by atoms with E-state index in [2.05, 4.69) is 46.5 Å². The zero-order chi connectivity index (χ0) is 14.1. The van der Waals surface area contributed by atoms with Crippen LogP contribution in [0, 0.1) is 11.6 Å². The Hall–Kier alpha value is -1.52. The first kappa shape index (κ1) is 13.5. The molecule has 102 valence electrons. The summed E-state index contributed by atoms with van der Waals surface area (Å²) >= 11 is 7.19. The first-order valence-corrected chi connectivity index (χ1v) is 8.06. The lowest BCUT2D eigenvalue weighted by molar-refractivity contribution is 0.829. The number of fused-ring (bicyclic) bond motifs is 1. The van der Waals surface area contributed by atoms with Gasteiger partial charge in [-0.15, -0.1) is 11.3 Å². The molecule has 0 bridgehead atoms. The summed E-state index contributed by atoms with van der Waals surface area (Å²) in [6, 6.07) is 8.55. The number of hydrogen-bond acceptors (Lipinski definition) is 3. The highest BCUT2D eigenvalue weighted by Gasteiger charge is 2.11. The summed E-state index contributed by atoms with van der Waals surface area (Å²) in [6.45, 7) is 4.20. The third kappa shape index (κ3) is 2.30. The van der Waals surface area contributed by atoms with E-state index >= 15 is 0 Å². The lowest BCUT2D eigenvalue weighted by Gasteiger charge is -2.10. The van der Waals surface area contributed by atoms with Crippen LogP contribution in [0.4, 0.5) is 0 Å². The predicted molar refractivity (Wildman–Crippen MR) is 89.0 cm³/mol. The molecule has 20 heavy (non-hydrogen) atoms. The van der Waals surface area contributed by atoms with Crippen LogP contribution in [0.2, 0.25) is 0 Å². The van der Waals surface area contributed by atoms with E-state index in [1.807, 2.05) is 6.92 Å². The maximum atomic E-state index is 5.42. The molecule has 0 saturated carbocycles. The summed E-state index contributed by atoms with van der Waals surface area (Å²) in [5.74, 6) is 0.978. The van der Waals surface area contributed by atoms with Crippen molar-refractivity contribution in [3.63, 3.8) is 0 Å². The van der Waals surface area contributed by atoms with E-state index in [-0.39, 0.29) is 0 Å². The largest absolute Gasteiger partial charge is 0.343 e. The number of benzene rings is 1. The quantitative estimate of drug-likeness (QED) is 0.666. The van der Waals surface area contributed by atoms with Gasteiger partial charge in [0.25, 0.3) is 0 Å². The highest BCUT2D eigenvalue weighted by atomic mass is 32.1. The lowest BCUT2D eigenvalue weighted by atomic mass is 10.1. The number of H-pyrrole nitrogens is 1. The smallest absolute Gasteiger partial charge is 0.133 e. The number of rotatable bonds is 3. The molecule has 1 aromatic carbocycles. The second-order valence-corrected chi connectivity index (χ2v) is 6.19. The van der Waals surface area contributed by atoms with Gasteiger partial charge in [0.2, 0.25) is 0 Å². The molecule has 0 spiro atoms. The molecule has 2 aromatic heterocycles. The monoisotopic (exact) mass is 300 g/mol. The maximum Gasteiger partial charge on any atom is 0.133 e. The Bertz CT molecular complexity index is 815. The van der Waals surface area contributed by atoms with E-state index in [9.17, 15) is 0 Å². The molecule has 2 nitrogen and oxygen atoms in total. The number of thiophene rings is 1. The van der Waals surface area contributed by atoms with Crippen LogP contribution >= 0.6 is 23.6 Å². The average molecular weight is 300 g/mol. The van der Waals surface area contributed by atoms with E-state index in [0.29, 0.717) is 4.64 Å². The van der Waals surface area contributed by atoms with Crippen molar-refractivity contribution in [2.24, 2.45) is 0 Å². The van der Waals surface area contributed by atoms with Crippen molar-refractivity contribution in [2.45, 2.75) is 26.7 Å². The Kier molecular flexibility index (Phi) is 3.68. The molecule has 2 heterocycles. The van der Waals surface area contributed by atoms with Crippen molar-refractivity contribution in [1.29, 1.82) is 0 Å². The SMILES string of the molecule is CCCc1nc(=S)c(C)c(-c2cccc3ccsc23)[nH]1. The molecule has 0 atom stereocenters. The number of hydrogen-bond donors (Lipinski definition) is 1. The second kappa shape index (κ2) is 5.46. The number of nitrogens with one attached hydrogen (secondary N) is 1. The molecular formula is C16H16N2S2. The van der Waals surface area contributed by atoms with E-state index < -0.39 is 0 Å². The molecular weight excluding hydrogens is 284 g/mol. The summed E-state index contributed by atoms with van der Waals surface area (Å²) in [7, 11) is 0. The Labute approximate surface area is 127 Å². The average Bonchev–Trinajstić information content (AvgIpc) is 2.91. The van der Waals surface area contributed by atoms with Gasteiger partial charge in [-0.2, -0.15) is 0 Å². The van der Waals surface area contributed by atoms with Crippen molar-refractivity contribution in [2.75, 3.05) is 0 Å². The molecule has 1 N–H and O–H groups in total. The fourth-order valence-electron chi connectivity index (χ4n) is 2.39. The van der Waals surface area contributed by atoms with Gasteiger partial charge in [0.1, 0.15) is 10.5 Å². The standard InChI is InChI=1S/C16H16N2S2/c1-3-5-13-17-14(10(2)16(19)18-13)12-7-4-6-11-8-9-20-15(11)12/h4,6-9H,3,5H2,1-2H3,(H,17,18,19). The van der Waals surface area contributed by atoms with Crippen LogP contribution in [0.1, 0.15) is 24.7 Å². The second-order valence-electron chi connectivity index (χ2n) is 4.88. The highest BCUT2D eigenvalue weighted by molar-refractivity contribution is 7.71. The number of aromatic nitrogens is 2. The van der Waals surface area contributed by atoms with Crippen molar-refractivity contribution in [3.8, 4) is 11.3 Å². The molecule has 0 unspecified atom stereocenters. The molecule has 0 radical (unpaired) electrons. The zero-order valence-electron chi connectivity index (χ0n) is 11.6. The number of aromatic amines is 1. The molecule has 3 rings (SSSR count). The van der Waals surface area contributed by atoms with Crippen LogP contribution in [0.25, 0.3) is 21.3 Å². The molecule has 0 aliphatic carbocycles. The summed E-state index contributed by atoms with van der Waals surface area (Å²) in [4.78, 5) is 7.96. The summed E-state index contributed by atoms with van der Waals surface area (Å²) in [5.41, 5.74) is 3.39. The van der Waals surface area contributed by atoms with Gasteiger partial charge in [0.05, 0.1) is 5.69 Å². The van der Waals surface area contributed by atoms with Crippen LogP contribution in [-0.4, -0.2) is 9.97 Å². The predicted octanol–water partition coefficient (Wildman–Crippen LogP) is 5.28. The summed E-state index contributed by atoms with van der Waals surface area (Å²) in [5, 5.41) is 3.41. The molecule has 0 aliphatic rings. The third-order valence-corrected chi connectivity index (χ3v) is 4.80. The number of nitrogens with zero attached hydrogens (tertiary/aromatic N) is 1. The van der Waals surface area contributed by atoms with Gasteiger partial charge < -0.3 is 4.98 Å². The molecule has 0 amide bonds. The minimum atomic E-state index is 0.704. The molecule has 0 saturated heterocycles. The van der Waals surface area contributed by atoms with E-state index in [1.54, 1.807) is 11.3 Å². The fourth-order valence-corrected chi connectivity index (χ4v) is 3.53. The number of aryl methyl sites for hydroxylation is 1. The normalized spacial score (nSPS) is 11.1. The summed E-state index contributed by atoms with van der Waals surface area (Å²) < 4.78 is 2.01. The van der Waals surface area contributed by atoms with Gasteiger partial charge in [-0.05, 0) is 30.2 Å². The first-order chi connectivity index (χ1) is 9.70. The van der Waals surface area contributed by atoms with Crippen molar-refractivity contribution < 1.29 is 0 Å². The van der Waals surface area contributed by atoms with Crippen LogP contribution in [0.15, 0.2) is 29.6 Å². The molecule has 3 aromatic rings. The summed E-state index contributed by atoms with van der Waals surface area (Å²) in [6.07, 6.45) is 1.99. The highest BCUT2D eigenvalue weighted by Crippen LogP contribution is 2.33. The van der Waals surface area contributed by atoms with Gasteiger partial charge in [-0.25, -0.2) is 4.98 Å². The maximum absolute atomic E-state index is 5.42. The minimum Gasteiger partial charge on any atom is -0.343 e. The van der Waals surface area contributed by atoms with Crippen molar-refractivity contribution in [1.82, 2.24) is 9.97 Å². The van der Waals surface area contributed by atoms with Gasteiger partial charge in [0, 0.05) is 22.2 Å². The topological polar surface area (TPSA) is 28.7 Å². The van der Waals surface area contributed by atoms with Crippen LogP contribution < -0.4 is 0 Å². The van der Waals surface area contributed by atoms with E-state index in [4.69, 9.17) is 12.2 Å². The van der Waals surface area contributed by atoms with Crippen LogP contribution in [0.5, 0.6) is 0 Å². The van der Waals surface area contributed by atoms with Crippen LogP contribution in [-0.2, 0) is 6.42 Å². The first-order valence-electron chi connectivity index (χ1n) is 6.77. The minimum absolute atomic E-state index is 0.704. The van der Waals surface area contributed by atoms with Crippen molar-refractivity contribution >= 4 is 33.6 Å². The fraction of sp³-hybridized carbons (Fsp3) is 0.250. The lowest BCUT2D eigenvalue weighted by Crippen LogP contribution is -2.00. The Morgan fingerprint density at radius 1 is 1.30 bits per heavy atom. The van der Waals surface area contributed by atoms with Crippen LogP contribution in [0.3, 0.4) is 0 Å². The molecule has 0 fully saturated rings. The van der Waals surface area contributed by atoms with Crippen molar-refractivity contribution in [3.05, 3.63) is 45.7 Å². The van der Waals surface area contributed by atoms with E-state index in [0.717, 1.165) is 29.9 Å². The van der Waals surface area contributed by atoms with Gasteiger partial charge in [-0.3, -0.25) is 0 Å². The Morgan fingerprint density at radius 2 is 2.15 bits per heavy atom. The van der Waals surface area contributed by atoms with Gasteiger partial charge >= 0.3 is 0 Å².